The van der Waals surface area contributed by atoms with Gasteiger partial charge >= 0.3 is 0 Å². The maximum absolute atomic E-state index is 13.4. The fraction of sp³-hybridized carbons (Fsp3) is 0.0909. The van der Waals surface area contributed by atoms with Crippen LogP contribution in [-0.2, 0) is 4.79 Å². The highest BCUT2D eigenvalue weighted by molar-refractivity contribution is 6.31. The Morgan fingerprint density at radius 3 is 2.88 bits per heavy atom. The Kier molecular flexibility index (Phi) is 4.03. The molecule has 3 nitrogen and oxygen atoms in total. The molecule has 1 aromatic carbocycles. The van der Waals surface area contributed by atoms with E-state index in [1.807, 2.05) is 0 Å². The first kappa shape index (κ1) is 12.2. The maximum Gasteiger partial charge on any atom is 0.171 e. The topological polar surface area (TPSA) is 52.9 Å². The molecule has 1 rings (SSSR count). The molecule has 0 spiro atoms. The second-order valence-corrected chi connectivity index (χ2v) is 3.38. The lowest BCUT2D eigenvalue weighted by Crippen LogP contribution is -1.99. The number of carbonyl (C=O) groups is 1. The third-order valence-electron chi connectivity index (χ3n) is 1.82. The van der Waals surface area contributed by atoms with E-state index in [2.05, 4.69) is 5.32 Å². The molecule has 1 aromatic rings. The minimum Gasteiger partial charge on any atom is -0.358 e. The molecule has 82 valence electrons. The molecule has 5 heteroatoms. The Bertz CT molecular complexity index is 491. The number of nitriles is 1. The second kappa shape index (κ2) is 5.29. The summed E-state index contributed by atoms with van der Waals surface area (Å²) in [6, 6.07) is 6.11. The molecule has 0 aromatic heterocycles. The molecule has 0 aliphatic rings. The fourth-order valence-corrected chi connectivity index (χ4v) is 1.15. The molecule has 0 saturated heterocycles. The first-order valence-corrected chi connectivity index (χ1v) is 4.76. The van der Waals surface area contributed by atoms with Crippen molar-refractivity contribution in [2.45, 2.75) is 6.92 Å². The third-order valence-corrected chi connectivity index (χ3v) is 2.12. The molecule has 0 fully saturated rings. The summed E-state index contributed by atoms with van der Waals surface area (Å²) in [6.07, 6.45) is 1.15. The van der Waals surface area contributed by atoms with Crippen molar-refractivity contribution in [3.8, 4) is 6.07 Å². The van der Waals surface area contributed by atoms with Crippen LogP contribution in [-0.4, -0.2) is 5.78 Å². The molecular formula is C11H8ClFN2O. The summed E-state index contributed by atoms with van der Waals surface area (Å²) in [5.74, 6) is -1.02. The Morgan fingerprint density at radius 2 is 2.31 bits per heavy atom. The molecular weight excluding hydrogens is 231 g/mol. The van der Waals surface area contributed by atoms with Gasteiger partial charge in [0.15, 0.2) is 11.6 Å². The number of benzene rings is 1. The number of hydrogen-bond donors (Lipinski definition) is 1. The zero-order chi connectivity index (χ0) is 12.1. The molecule has 0 heterocycles. The molecule has 0 saturated carbocycles. The SMILES string of the molecule is CC(=O)/C(C#N)=C\Nc1cccc(Cl)c1F. The van der Waals surface area contributed by atoms with Gasteiger partial charge in [-0.05, 0) is 19.1 Å². The third kappa shape index (κ3) is 2.81. The normalized spacial score (nSPS) is 10.8. The molecule has 0 amide bonds. The van der Waals surface area contributed by atoms with Gasteiger partial charge < -0.3 is 5.32 Å². The van der Waals surface area contributed by atoms with Crippen LogP contribution in [0.15, 0.2) is 30.0 Å². The molecule has 1 N–H and O–H groups in total. The molecule has 0 aliphatic carbocycles. The second-order valence-electron chi connectivity index (χ2n) is 2.97. The minimum absolute atomic E-state index is 0.0280. The number of nitrogens with one attached hydrogen (secondary N) is 1. The van der Waals surface area contributed by atoms with Gasteiger partial charge in [-0.1, -0.05) is 17.7 Å². The van der Waals surface area contributed by atoms with Crippen molar-refractivity contribution in [1.82, 2.24) is 0 Å². The predicted molar refractivity (Wildman–Crippen MR) is 59.4 cm³/mol. The van der Waals surface area contributed by atoms with Crippen molar-refractivity contribution in [3.63, 3.8) is 0 Å². The summed E-state index contributed by atoms with van der Waals surface area (Å²) >= 11 is 5.56. The van der Waals surface area contributed by atoms with Crippen LogP contribution in [0.5, 0.6) is 0 Å². The Labute approximate surface area is 97.1 Å². The monoisotopic (exact) mass is 238 g/mol. The van der Waals surface area contributed by atoms with Crippen LogP contribution in [0.25, 0.3) is 0 Å². The number of ketones is 1. The van der Waals surface area contributed by atoms with Crippen LogP contribution in [0.1, 0.15) is 6.92 Å². The fourth-order valence-electron chi connectivity index (χ4n) is 0.978. The molecule has 0 aliphatic heterocycles. The summed E-state index contributed by atoms with van der Waals surface area (Å²) in [7, 11) is 0. The van der Waals surface area contributed by atoms with Gasteiger partial charge in [0.05, 0.1) is 10.7 Å². The summed E-state index contributed by atoms with van der Waals surface area (Å²) in [5, 5.41) is 11.1. The molecule has 0 atom stereocenters. The van der Waals surface area contributed by atoms with Gasteiger partial charge in [0, 0.05) is 6.20 Å². The van der Waals surface area contributed by atoms with E-state index < -0.39 is 11.6 Å². The summed E-state index contributed by atoms with van der Waals surface area (Å²) in [6.45, 7) is 1.26. The smallest absolute Gasteiger partial charge is 0.171 e. The van der Waals surface area contributed by atoms with Gasteiger partial charge in [-0.15, -0.1) is 0 Å². The molecule has 0 bridgehead atoms. The zero-order valence-corrected chi connectivity index (χ0v) is 9.18. The van der Waals surface area contributed by atoms with Crippen LogP contribution in [0, 0.1) is 17.1 Å². The summed E-state index contributed by atoms with van der Waals surface area (Å²) in [4.78, 5) is 10.9. The van der Waals surface area contributed by atoms with E-state index in [9.17, 15) is 9.18 Å². The first-order chi connectivity index (χ1) is 7.56. The average Bonchev–Trinajstić information content (AvgIpc) is 2.24. The Balaban J connectivity index is 2.95. The number of anilines is 1. The molecule has 0 unspecified atom stereocenters. The number of rotatable bonds is 3. The van der Waals surface area contributed by atoms with Gasteiger partial charge in [0.25, 0.3) is 0 Å². The summed E-state index contributed by atoms with van der Waals surface area (Å²) in [5.41, 5.74) is 0.0286. The van der Waals surface area contributed by atoms with Crippen molar-refractivity contribution in [2.24, 2.45) is 0 Å². The van der Waals surface area contributed by atoms with Gasteiger partial charge in [0.2, 0.25) is 0 Å². The lowest BCUT2D eigenvalue weighted by molar-refractivity contribution is -0.113. The van der Waals surface area contributed by atoms with Crippen LogP contribution in [0.2, 0.25) is 5.02 Å². The largest absolute Gasteiger partial charge is 0.358 e. The lowest BCUT2D eigenvalue weighted by atomic mass is 10.2. The number of nitrogens with zero attached hydrogens (tertiary/aromatic N) is 1. The van der Waals surface area contributed by atoms with Crippen molar-refractivity contribution in [1.29, 1.82) is 5.26 Å². The highest BCUT2D eigenvalue weighted by atomic mass is 35.5. The van der Waals surface area contributed by atoms with E-state index in [4.69, 9.17) is 16.9 Å². The highest BCUT2D eigenvalue weighted by Gasteiger charge is 2.06. The van der Waals surface area contributed by atoms with E-state index in [0.29, 0.717) is 0 Å². The van der Waals surface area contributed by atoms with Crippen LogP contribution >= 0.6 is 11.6 Å². The molecule has 0 radical (unpaired) electrons. The van der Waals surface area contributed by atoms with Crippen molar-refractivity contribution in [2.75, 3.05) is 5.32 Å². The van der Waals surface area contributed by atoms with Gasteiger partial charge in [0.1, 0.15) is 11.6 Å². The number of hydrogen-bond acceptors (Lipinski definition) is 3. The number of Topliss-reactive ketones (excluding diaryl/α,β-unsaturated/α-hetero) is 1. The highest BCUT2D eigenvalue weighted by Crippen LogP contribution is 2.22. The van der Waals surface area contributed by atoms with E-state index in [1.165, 1.54) is 19.1 Å². The van der Waals surface area contributed by atoms with Crippen molar-refractivity contribution in [3.05, 3.63) is 40.8 Å². The quantitative estimate of drug-likeness (QED) is 0.651. The zero-order valence-electron chi connectivity index (χ0n) is 8.42. The number of carbonyl (C=O) groups excluding carboxylic acids is 1. The van der Waals surface area contributed by atoms with Crippen molar-refractivity contribution < 1.29 is 9.18 Å². The minimum atomic E-state index is -0.624. The molecule has 16 heavy (non-hydrogen) atoms. The van der Waals surface area contributed by atoms with E-state index >= 15 is 0 Å². The maximum atomic E-state index is 13.4. The van der Waals surface area contributed by atoms with E-state index in [0.717, 1.165) is 6.20 Å². The Morgan fingerprint density at radius 1 is 1.62 bits per heavy atom. The van der Waals surface area contributed by atoms with Gasteiger partial charge in [-0.3, -0.25) is 4.79 Å². The van der Waals surface area contributed by atoms with Gasteiger partial charge in [-0.2, -0.15) is 5.26 Å². The van der Waals surface area contributed by atoms with E-state index in [1.54, 1.807) is 12.1 Å². The van der Waals surface area contributed by atoms with Crippen molar-refractivity contribution >= 4 is 23.1 Å². The van der Waals surface area contributed by atoms with E-state index in [-0.39, 0.29) is 16.3 Å². The van der Waals surface area contributed by atoms with Crippen LogP contribution in [0.4, 0.5) is 10.1 Å². The Hall–Kier alpha value is -1.86. The average molecular weight is 239 g/mol. The summed E-state index contributed by atoms with van der Waals surface area (Å²) < 4.78 is 13.4. The first-order valence-electron chi connectivity index (χ1n) is 4.38. The predicted octanol–water partition coefficient (Wildman–Crippen LogP) is 2.89. The van der Waals surface area contributed by atoms with Crippen LogP contribution in [0.3, 0.4) is 0 Å². The number of allylic oxidation sites excluding steroid dienone is 1. The van der Waals surface area contributed by atoms with Crippen LogP contribution < -0.4 is 5.32 Å². The van der Waals surface area contributed by atoms with Gasteiger partial charge in [-0.25, -0.2) is 4.39 Å². The number of halogens is 2. The standard InChI is InChI=1S/C11H8ClFN2O/c1-7(16)8(5-14)6-15-10-4-2-3-9(12)11(10)13/h2-4,6,15H,1H3/b8-6-. The lowest BCUT2D eigenvalue weighted by Gasteiger charge is -2.03.